The zero-order chi connectivity index (χ0) is 24.0. The summed E-state index contributed by atoms with van der Waals surface area (Å²) in [5, 5.41) is 28.1. The molecule has 2 aromatic heterocycles. The van der Waals surface area contributed by atoms with E-state index in [1.165, 1.54) is 6.07 Å². The van der Waals surface area contributed by atoms with E-state index in [0.717, 1.165) is 16.8 Å². The van der Waals surface area contributed by atoms with Crippen molar-refractivity contribution in [2.45, 2.75) is 12.5 Å². The van der Waals surface area contributed by atoms with Gasteiger partial charge < -0.3 is 26.0 Å². The van der Waals surface area contributed by atoms with Gasteiger partial charge >= 0.3 is 5.97 Å². The second kappa shape index (κ2) is 8.37. The topological polar surface area (TPSA) is 142 Å². The molecule has 1 aliphatic rings. The van der Waals surface area contributed by atoms with Crippen molar-refractivity contribution in [1.82, 2.24) is 9.55 Å². The van der Waals surface area contributed by atoms with E-state index >= 15 is 4.39 Å². The molecule has 33 heavy (non-hydrogen) atoms. The van der Waals surface area contributed by atoms with Gasteiger partial charge in [-0.25, -0.2) is 22.9 Å². The Balaban J connectivity index is 1.96. The third-order valence-electron chi connectivity index (χ3n) is 5.77. The van der Waals surface area contributed by atoms with Gasteiger partial charge in [0.1, 0.15) is 11.4 Å². The lowest BCUT2D eigenvalue weighted by Crippen LogP contribution is -2.28. The Bertz CT molecular complexity index is 1330. The van der Waals surface area contributed by atoms with Gasteiger partial charge in [-0.3, -0.25) is 9.36 Å². The maximum absolute atomic E-state index is 15.0. The summed E-state index contributed by atoms with van der Waals surface area (Å²) in [6.07, 6.45) is 0.296. The molecule has 1 saturated heterocycles. The number of pyridine rings is 2. The molecular formula is C21H19F3N4O5. The summed E-state index contributed by atoms with van der Waals surface area (Å²) in [6, 6.07) is 2.54. The van der Waals surface area contributed by atoms with Crippen LogP contribution in [-0.4, -0.2) is 56.6 Å². The van der Waals surface area contributed by atoms with E-state index in [-0.39, 0.29) is 29.1 Å². The average Bonchev–Trinajstić information content (AvgIpc) is 3.26. The smallest absolute Gasteiger partial charge is 0.341 e. The predicted octanol–water partition coefficient (Wildman–Crippen LogP) is 1.26. The quantitative estimate of drug-likeness (QED) is 0.442. The first-order chi connectivity index (χ1) is 15.6. The minimum atomic E-state index is -1.63. The molecule has 12 heteroatoms. The van der Waals surface area contributed by atoms with Gasteiger partial charge in [-0.05, 0) is 18.6 Å². The number of halogens is 3. The Hall–Kier alpha value is -3.64. The number of nitrogens with zero attached hydrogens (tertiary/aromatic N) is 3. The number of hydrogen-bond acceptors (Lipinski definition) is 7. The van der Waals surface area contributed by atoms with E-state index in [4.69, 9.17) is 5.73 Å². The number of carbonyl (C=O) groups is 1. The number of aliphatic hydroxyl groups is 2. The van der Waals surface area contributed by atoms with Crippen molar-refractivity contribution in [1.29, 1.82) is 0 Å². The van der Waals surface area contributed by atoms with Crippen molar-refractivity contribution in [3.8, 4) is 5.82 Å². The number of anilines is 2. The van der Waals surface area contributed by atoms with E-state index in [0.29, 0.717) is 19.0 Å². The lowest BCUT2D eigenvalue weighted by Gasteiger charge is -2.22. The molecule has 1 aliphatic heterocycles. The van der Waals surface area contributed by atoms with Crippen LogP contribution in [0.3, 0.4) is 0 Å². The number of benzene rings is 1. The fraction of sp³-hybridized carbons (Fsp3) is 0.286. The zero-order valence-corrected chi connectivity index (χ0v) is 17.0. The largest absolute Gasteiger partial charge is 0.477 e. The number of hydrogen-bond donors (Lipinski definition) is 4. The van der Waals surface area contributed by atoms with E-state index in [1.807, 2.05) is 0 Å². The van der Waals surface area contributed by atoms with Gasteiger partial charge in [0.2, 0.25) is 5.43 Å². The number of aromatic nitrogens is 2. The number of aromatic carboxylic acids is 1. The summed E-state index contributed by atoms with van der Waals surface area (Å²) in [6.45, 7) is 0.0859. The number of nitrogens with two attached hydrogens (primary N) is 1. The van der Waals surface area contributed by atoms with Gasteiger partial charge in [-0.2, -0.15) is 0 Å². The molecule has 5 N–H and O–H groups in total. The minimum Gasteiger partial charge on any atom is -0.477 e. The zero-order valence-electron chi connectivity index (χ0n) is 17.0. The summed E-state index contributed by atoms with van der Waals surface area (Å²) >= 11 is 0. The van der Waals surface area contributed by atoms with Crippen LogP contribution in [0.4, 0.5) is 24.7 Å². The van der Waals surface area contributed by atoms with Crippen LogP contribution in [0.2, 0.25) is 0 Å². The lowest BCUT2D eigenvalue weighted by molar-refractivity contribution is 0.0545. The van der Waals surface area contributed by atoms with E-state index in [2.05, 4.69) is 4.98 Å². The van der Waals surface area contributed by atoms with Crippen LogP contribution >= 0.6 is 0 Å². The average molecular weight is 464 g/mol. The van der Waals surface area contributed by atoms with Crippen LogP contribution < -0.4 is 16.1 Å². The number of carboxylic acid groups (broad SMARTS) is 1. The maximum atomic E-state index is 15.0. The summed E-state index contributed by atoms with van der Waals surface area (Å²) in [5.41, 5.74) is 3.62. The molecule has 0 spiro atoms. The standard InChI is InChI=1S/C21H19F3N4O5/c22-12-3-10-15(5-16(12)27-2-1-9(6-27)17(30)8-29)28(7-11(18(10)31)21(32)33)20-14(24)4-13(23)19(25)26-20/h3-5,7,9,17,29-30H,1-2,6,8H2,(H2,25,26)(H,32,33). The number of nitrogen functional groups attached to an aromatic ring is 1. The van der Waals surface area contributed by atoms with Crippen molar-refractivity contribution in [3.05, 3.63) is 57.6 Å². The van der Waals surface area contributed by atoms with Gasteiger partial charge in [0.15, 0.2) is 23.3 Å². The lowest BCUT2D eigenvalue weighted by atomic mass is 10.0. The molecule has 2 unspecified atom stereocenters. The Morgan fingerprint density at radius 3 is 2.61 bits per heavy atom. The molecule has 0 saturated carbocycles. The summed E-state index contributed by atoms with van der Waals surface area (Å²) < 4.78 is 44.2. The molecule has 3 heterocycles. The second-order valence-corrected chi connectivity index (χ2v) is 7.77. The van der Waals surface area contributed by atoms with Gasteiger partial charge in [-0.15, -0.1) is 0 Å². The Kier molecular flexibility index (Phi) is 5.72. The summed E-state index contributed by atoms with van der Waals surface area (Å²) in [4.78, 5) is 29.5. The predicted molar refractivity (Wildman–Crippen MR) is 112 cm³/mol. The molecule has 1 fully saturated rings. The number of carboxylic acids is 1. The first kappa shape index (κ1) is 22.6. The highest BCUT2D eigenvalue weighted by atomic mass is 19.1. The molecule has 174 valence electrons. The molecule has 0 aliphatic carbocycles. The third kappa shape index (κ3) is 3.87. The van der Waals surface area contributed by atoms with E-state index < -0.39 is 58.8 Å². The van der Waals surface area contributed by atoms with Crippen molar-refractivity contribution in [2.24, 2.45) is 5.92 Å². The number of rotatable bonds is 5. The van der Waals surface area contributed by atoms with E-state index in [9.17, 15) is 33.7 Å². The van der Waals surface area contributed by atoms with Gasteiger partial charge in [0.05, 0.1) is 29.3 Å². The van der Waals surface area contributed by atoms with Crippen molar-refractivity contribution < 1.29 is 33.3 Å². The SMILES string of the molecule is Nc1nc(-n2cc(C(=O)O)c(=O)c3cc(F)c(N4CCC(C(O)CO)C4)cc32)c(F)cc1F. The number of fused-ring (bicyclic) bond motifs is 1. The van der Waals surface area contributed by atoms with Gasteiger partial charge in [-0.1, -0.05) is 0 Å². The van der Waals surface area contributed by atoms with Gasteiger partial charge in [0, 0.05) is 31.3 Å². The number of aliphatic hydroxyl groups excluding tert-OH is 2. The van der Waals surface area contributed by atoms with Crippen molar-refractivity contribution in [2.75, 3.05) is 30.3 Å². The molecule has 3 aromatic rings. The fourth-order valence-electron chi connectivity index (χ4n) is 4.01. The molecule has 0 bridgehead atoms. The minimum absolute atomic E-state index is 0.0156. The van der Waals surface area contributed by atoms with Gasteiger partial charge in [0.25, 0.3) is 0 Å². The van der Waals surface area contributed by atoms with Crippen LogP contribution in [0.15, 0.2) is 29.2 Å². The van der Waals surface area contributed by atoms with Crippen LogP contribution in [0.1, 0.15) is 16.8 Å². The summed E-state index contributed by atoms with van der Waals surface area (Å²) in [5.74, 6) is -6.32. The Morgan fingerprint density at radius 1 is 1.21 bits per heavy atom. The van der Waals surface area contributed by atoms with Crippen molar-refractivity contribution in [3.63, 3.8) is 0 Å². The Morgan fingerprint density at radius 2 is 1.94 bits per heavy atom. The highest BCUT2D eigenvalue weighted by Gasteiger charge is 2.30. The first-order valence-electron chi connectivity index (χ1n) is 9.90. The Labute approximate surface area is 184 Å². The van der Waals surface area contributed by atoms with Crippen molar-refractivity contribution >= 4 is 28.4 Å². The van der Waals surface area contributed by atoms with Crippen LogP contribution in [0.5, 0.6) is 0 Å². The van der Waals surface area contributed by atoms with Crippen LogP contribution in [0.25, 0.3) is 16.7 Å². The molecular weight excluding hydrogens is 445 g/mol. The molecule has 0 amide bonds. The molecule has 2 atom stereocenters. The highest BCUT2D eigenvalue weighted by molar-refractivity contribution is 5.94. The second-order valence-electron chi connectivity index (χ2n) is 7.77. The molecule has 4 rings (SSSR count). The van der Waals surface area contributed by atoms with Crippen LogP contribution in [-0.2, 0) is 0 Å². The monoisotopic (exact) mass is 464 g/mol. The highest BCUT2D eigenvalue weighted by Crippen LogP contribution is 2.32. The normalized spacial score (nSPS) is 17.0. The summed E-state index contributed by atoms with van der Waals surface area (Å²) in [7, 11) is 0. The molecule has 0 radical (unpaired) electrons. The molecule has 9 nitrogen and oxygen atoms in total. The third-order valence-corrected chi connectivity index (χ3v) is 5.77. The maximum Gasteiger partial charge on any atom is 0.341 e. The van der Waals surface area contributed by atoms with E-state index in [1.54, 1.807) is 4.90 Å². The molecule has 1 aromatic carbocycles. The fourth-order valence-corrected chi connectivity index (χ4v) is 4.01. The van der Waals surface area contributed by atoms with Crippen LogP contribution in [0, 0.1) is 23.4 Å². The first-order valence-corrected chi connectivity index (χ1v) is 9.90.